The number of carbonyl (C=O) groups is 1. The third-order valence-electron chi connectivity index (χ3n) is 1.62. The zero-order valence-corrected chi connectivity index (χ0v) is 8.66. The minimum absolute atomic E-state index is 0.138. The van der Waals surface area contributed by atoms with Crippen LogP contribution in [0.4, 0.5) is 0 Å². The average molecular weight is 257 g/mol. The zero-order chi connectivity index (χ0) is 10.3. The molecular formula is C7H5BrN4O2. The van der Waals surface area contributed by atoms with Gasteiger partial charge in [-0.1, -0.05) is 0 Å². The van der Waals surface area contributed by atoms with Gasteiger partial charge in [0.15, 0.2) is 5.65 Å². The van der Waals surface area contributed by atoms with E-state index in [-0.39, 0.29) is 5.82 Å². The van der Waals surface area contributed by atoms with Crippen LogP contribution in [0.5, 0.6) is 0 Å². The van der Waals surface area contributed by atoms with Gasteiger partial charge in [0.25, 0.3) is 0 Å². The number of rotatable bonds is 1. The number of fused-ring (bicyclic) bond motifs is 1. The predicted molar refractivity (Wildman–Crippen MR) is 51.1 cm³/mol. The highest BCUT2D eigenvalue weighted by molar-refractivity contribution is 9.10. The molecule has 2 aromatic heterocycles. The molecule has 2 aromatic rings. The molecular weight excluding hydrogens is 252 g/mol. The van der Waals surface area contributed by atoms with Crippen molar-refractivity contribution in [2.24, 2.45) is 0 Å². The van der Waals surface area contributed by atoms with Crippen LogP contribution in [0.3, 0.4) is 0 Å². The summed E-state index contributed by atoms with van der Waals surface area (Å²) in [5, 5.41) is 8.69. The second kappa shape index (κ2) is 3.02. The lowest BCUT2D eigenvalue weighted by molar-refractivity contribution is 0.0685. The summed E-state index contributed by atoms with van der Waals surface area (Å²) in [5.41, 5.74) is 0.842. The predicted octanol–water partition coefficient (Wildman–Crippen LogP) is 1.12. The first kappa shape index (κ1) is 9.07. The Hall–Kier alpha value is -1.50. The Kier molecular flexibility index (Phi) is 1.95. The molecule has 0 aliphatic carbocycles. The van der Waals surface area contributed by atoms with E-state index in [2.05, 4.69) is 35.9 Å². The van der Waals surface area contributed by atoms with Gasteiger partial charge in [-0.25, -0.2) is 19.7 Å². The summed E-state index contributed by atoms with van der Waals surface area (Å²) in [6.07, 6.45) is 0. The lowest BCUT2D eigenvalue weighted by Gasteiger charge is -1.92. The molecule has 2 N–H and O–H groups in total. The van der Waals surface area contributed by atoms with Gasteiger partial charge in [0, 0.05) is 0 Å². The maximum Gasteiger partial charge on any atom is 0.371 e. The molecule has 0 unspecified atom stereocenters. The molecule has 0 aromatic carbocycles. The highest BCUT2D eigenvalue weighted by Gasteiger charge is 2.13. The molecule has 72 valence electrons. The Bertz CT molecular complexity index is 522. The summed E-state index contributed by atoms with van der Waals surface area (Å²) in [6, 6.07) is 0. The van der Waals surface area contributed by atoms with Crippen molar-refractivity contribution in [3.63, 3.8) is 0 Å². The largest absolute Gasteiger partial charge is 0.475 e. The number of carboxylic acid groups (broad SMARTS) is 1. The molecule has 6 nitrogen and oxygen atoms in total. The Balaban J connectivity index is 2.76. The van der Waals surface area contributed by atoms with Gasteiger partial charge >= 0.3 is 5.97 Å². The fourth-order valence-corrected chi connectivity index (χ4v) is 1.60. The van der Waals surface area contributed by atoms with Gasteiger partial charge in [-0.2, -0.15) is 0 Å². The molecule has 0 fully saturated rings. The summed E-state index contributed by atoms with van der Waals surface area (Å²) >= 11 is 3.19. The maximum atomic E-state index is 10.6. The third kappa shape index (κ3) is 1.35. The fraction of sp³-hybridized carbons (Fsp3) is 0.143. The number of aromatic nitrogens is 4. The smallest absolute Gasteiger partial charge is 0.371 e. The summed E-state index contributed by atoms with van der Waals surface area (Å²) in [5.74, 6) is -0.721. The number of H-pyrrole nitrogens is 1. The summed E-state index contributed by atoms with van der Waals surface area (Å²) in [7, 11) is 0. The first-order valence-electron chi connectivity index (χ1n) is 3.71. The molecule has 0 atom stereocenters. The number of carboxylic acids is 1. The normalized spacial score (nSPS) is 10.7. The van der Waals surface area contributed by atoms with E-state index in [4.69, 9.17) is 5.11 Å². The molecule has 14 heavy (non-hydrogen) atoms. The molecule has 0 radical (unpaired) electrons. The van der Waals surface area contributed by atoms with E-state index in [9.17, 15) is 4.79 Å². The topological polar surface area (TPSA) is 91.8 Å². The molecule has 0 saturated heterocycles. The second-order valence-electron chi connectivity index (χ2n) is 2.65. The van der Waals surface area contributed by atoms with Crippen molar-refractivity contribution >= 4 is 33.1 Å². The van der Waals surface area contributed by atoms with Crippen molar-refractivity contribution in [3.8, 4) is 0 Å². The average Bonchev–Trinajstić information content (AvgIpc) is 2.47. The first-order valence-corrected chi connectivity index (χ1v) is 4.50. The maximum absolute atomic E-state index is 10.6. The number of nitrogens with one attached hydrogen (secondary N) is 1. The lowest BCUT2D eigenvalue weighted by atomic mass is 10.5. The van der Waals surface area contributed by atoms with E-state index in [1.807, 2.05) is 0 Å². The Morgan fingerprint density at radius 1 is 1.43 bits per heavy atom. The number of nitrogens with zero attached hydrogens (tertiary/aromatic N) is 3. The number of imidazole rings is 1. The van der Waals surface area contributed by atoms with Gasteiger partial charge in [0.05, 0.1) is 0 Å². The SMILES string of the molecule is Cc1nc(Br)c2[nH]c(C(=O)O)nc2n1. The fourth-order valence-electron chi connectivity index (χ4n) is 1.07. The van der Waals surface area contributed by atoms with E-state index in [0.717, 1.165) is 0 Å². The van der Waals surface area contributed by atoms with Crippen molar-refractivity contribution < 1.29 is 9.90 Å². The molecule has 0 aliphatic rings. The summed E-state index contributed by atoms with van der Waals surface area (Å²) in [6.45, 7) is 1.71. The van der Waals surface area contributed by atoms with Crippen molar-refractivity contribution in [1.29, 1.82) is 0 Å². The quantitative estimate of drug-likeness (QED) is 0.747. The minimum atomic E-state index is -1.12. The van der Waals surface area contributed by atoms with Crippen molar-refractivity contribution in [1.82, 2.24) is 19.9 Å². The lowest BCUT2D eigenvalue weighted by Crippen LogP contribution is -1.97. The van der Waals surface area contributed by atoms with Gasteiger partial charge in [-0.15, -0.1) is 0 Å². The number of aromatic carboxylic acids is 1. The zero-order valence-electron chi connectivity index (χ0n) is 7.08. The molecule has 2 heterocycles. The van der Waals surface area contributed by atoms with Crippen LogP contribution in [0.25, 0.3) is 11.2 Å². The number of aromatic amines is 1. The van der Waals surface area contributed by atoms with Gasteiger partial charge < -0.3 is 10.1 Å². The minimum Gasteiger partial charge on any atom is -0.475 e. The number of halogens is 1. The van der Waals surface area contributed by atoms with Crippen molar-refractivity contribution in [2.45, 2.75) is 6.92 Å². The van der Waals surface area contributed by atoms with Crippen LogP contribution in [0.2, 0.25) is 0 Å². The van der Waals surface area contributed by atoms with Crippen LogP contribution >= 0.6 is 15.9 Å². The highest BCUT2D eigenvalue weighted by Crippen LogP contribution is 2.18. The van der Waals surface area contributed by atoms with E-state index >= 15 is 0 Å². The molecule has 7 heteroatoms. The van der Waals surface area contributed by atoms with E-state index in [1.54, 1.807) is 6.92 Å². The molecule has 2 rings (SSSR count). The second-order valence-corrected chi connectivity index (χ2v) is 3.40. The van der Waals surface area contributed by atoms with Gasteiger partial charge in [0.1, 0.15) is 15.9 Å². The molecule has 0 aliphatic heterocycles. The van der Waals surface area contributed by atoms with Crippen molar-refractivity contribution in [2.75, 3.05) is 0 Å². The monoisotopic (exact) mass is 256 g/mol. The molecule has 0 amide bonds. The standard InChI is InChI=1S/C7H5BrN4O2/c1-2-9-4(8)3-5(10-2)12-6(11-3)7(13)14/h1H3,(H,13,14)(H,9,10,11,12). The molecule has 0 spiro atoms. The van der Waals surface area contributed by atoms with E-state index in [0.29, 0.717) is 21.6 Å². The van der Waals surface area contributed by atoms with E-state index in [1.165, 1.54) is 0 Å². The Morgan fingerprint density at radius 3 is 2.79 bits per heavy atom. The van der Waals surface area contributed by atoms with Crippen LogP contribution in [-0.2, 0) is 0 Å². The number of hydrogen-bond acceptors (Lipinski definition) is 4. The summed E-state index contributed by atoms with van der Waals surface area (Å²) in [4.78, 5) is 25.0. The number of hydrogen-bond donors (Lipinski definition) is 2. The van der Waals surface area contributed by atoms with Crippen LogP contribution in [0.1, 0.15) is 16.4 Å². The summed E-state index contributed by atoms with van der Waals surface area (Å²) < 4.78 is 0.514. The van der Waals surface area contributed by atoms with Gasteiger partial charge in [-0.05, 0) is 22.9 Å². The van der Waals surface area contributed by atoms with Crippen LogP contribution < -0.4 is 0 Å². The van der Waals surface area contributed by atoms with Crippen LogP contribution in [0, 0.1) is 6.92 Å². The number of aryl methyl sites for hydroxylation is 1. The third-order valence-corrected chi connectivity index (χ3v) is 2.20. The van der Waals surface area contributed by atoms with Crippen LogP contribution in [-0.4, -0.2) is 31.0 Å². The van der Waals surface area contributed by atoms with E-state index < -0.39 is 5.97 Å². The van der Waals surface area contributed by atoms with Crippen LogP contribution in [0.15, 0.2) is 4.60 Å². The van der Waals surface area contributed by atoms with Crippen molar-refractivity contribution in [3.05, 3.63) is 16.3 Å². The Labute approximate surface area is 86.5 Å². The van der Waals surface area contributed by atoms with Gasteiger partial charge in [-0.3, -0.25) is 0 Å². The van der Waals surface area contributed by atoms with Gasteiger partial charge in [0.2, 0.25) is 5.82 Å². The molecule has 0 bridgehead atoms. The molecule has 0 saturated carbocycles. The Morgan fingerprint density at radius 2 is 2.14 bits per heavy atom. The first-order chi connectivity index (χ1) is 6.58. The highest BCUT2D eigenvalue weighted by atomic mass is 79.9.